The molecule has 5 heteroatoms. The topological polar surface area (TPSA) is 51.6 Å². The summed E-state index contributed by atoms with van der Waals surface area (Å²) < 4.78 is 1.24. The van der Waals surface area contributed by atoms with Gasteiger partial charge in [-0.3, -0.25) is 0 Å². The van der Waals surface area contributed by atoms with E-state index in [0.29, 0.717) is 17.5 Å². The van der Waals surface area contributed by atoms with Gasteiger partial charge in [-0.2, -0.15) is 0 Å². The second-order valence-corrected chi connectivity index (χ2v) is 12.9. The Morgan fingerprint density at radius 3 is 1.33 bits per heavy atom. The van der Waals surface area contributed by atoms with Crippen molar-refractivity contribution >= 4 is 32.3 Å². The molecule has 0 aliphatic rings. The van der Waals surface area contributed by atoms with Gasteiger partial charge in [0, 0.05) is 48.2 Å². The molecular formula is C44H28N4S. The summed E-state index contributed by atoms with van der Waals surface area (Å²) >= 11 is 1.83. The Balaban J connectivity index is 1.24. The molecule has 6 aromatic carbocycles. The summed E-state index contributed by atoms with van der Waals surface area (Å²) in [5.74, 6) is 1.94. The van der Waals surface area contributed by atoms with Crippen LogP contribution in [0.15, 0.2) is 170 Å². The third-order valence-corrected chi connectivity index (χ3v) is 10.0. The zero-order chi connectivity index (χ0) is 32.6. The summed E-state index contributed by atoms with van der Waals surface area (Å²) in [5.41, 5.74) is 9.43. The summed E-state index contributed by atoms with van der Waals surface area (Å²) in [7, 11) is 0. The van der Waals surface area contributed by atoms with E-state index in [1.165, 1.54) is 26.1 Å². The summed E-state index contributed by atoms with van der Waals surface area (Å²) in [6.07, 6.45) is 0. The Hall–Kier alpha value is -6.30. The molecule has 0 aliphatic heterocycles. The molecule has 0 saturated heterocycles. The zero-order valence-electron chi connectivity index (χ0n) is 26.4. The predicted octanol–water partition coefficient (Wildman–Crippen LogP) is 11.6. The molecule has 0 saturated carbocycles. The number of aromatic nitrogens is 4. The van der Waals surface area contributed by atoms with E-state index >= 15 is 0 Å². The van der Waals surface area contributed by atoms with Crippen LogP contribution in [-0.2, 0) is 0 Å². The largest absolute Gasteiger partial charge is 0.247 e. The zero-order valence-corrected chi connectivity index (χ0v) is 27.2. The van der Waals surface area contributed by atoms with Crippen LogP contribution < -0.4 is 0 Å². The Morgan fingerprint density at radius 2 is 0.776 bits per heavy atom. The molecule has 0 fully saturated rings. The fourth-order valence-corrected chi connectivity index (χ4v) is 7.75. The maximum Gasteiger partial charge on any atom is 0.164 e. The number of nitrogens with zero attached hydrogens (tertiary/aromatic N) is 4. The van der Waals surface area contributed by atoms with E-state index < -0.39 is 0 Å². The van der Waals surface area contributed by atoms with Crippen molar-refractivity contribution in [1.82, 2.24) is 19.9 Å². The molecule has 49 heavy (non-hydrogen) atoms. The lowest BCUT2D eigenvalue weighted by Gasteiger charge is -2.11. The van der Waals surface area contributed by atoms with Gasteiger partial charge in [-0.15, -0.1) is 11.3 Å². The molecule has 9 aromatic rings. The number of rotatable bonds is 6. The molecular weight excluding hydrogens is 617 g/mol. The first-order valence-corrected chi connectivity index (χ1v) is 17.1. The second-order valence-electron chi connectivity index (χ2n) is 11.8. The van der Waals surface area contributed by atoms with Crippen LogP contribution in [0.1, 0.15) is 0 Å². The van der Waals surface area contributed by atoms with Crippen LogP contribution >= 0.6 is 11.3 Å². The fourth-order valence-electron chi connectivity index (χ4n) is 6.38. The molecule has 3 heterocycles. The lowest BCUT2D eigenvalue weighted by atomic mass is 9.95. The number of pyridine rings is 1. The minimum absolute atomic E-state index is 0.639. The van der Waals surface area contributed by atoms with E-state index in [2.05, 4.69) is 109 Å². The fraction of sp³-hybridized carbons (Fsp3) is 0. The molecule has 4 nitrogen and oxygen atoms in total. The third-order valence-electron chi connectivity index (χ3n) is 8.74. The van der Waals surface area contributed by atoms with Crippen molar-refractivity contribution in [2.75, 3.05) is 0 Å². The van der Waals surface area contributed by atoms with Gasteiger partial charge in [0.25, 0.3) is 0 Å². The highest BCUT2D eigenvalue weighted by atomic mass is 32.1. The van der Waals surface area contributed by atoms with E-state index in [0.717, 1.165) is 44.4 Å². The van der Waals surface area contributed by atoms with Gasteiger partial charge in [0.15, 0.2) is 17.5 Å². The minimum Gasteiger partial charge on any atom is -0.247 e. The maximum atomic E-state index is 5.27. The van der Waals surface area contributed by atoms with Crippen LogP contribution in [0.25, 0.3) is 88.0 Å². The number of fused-ring (bicyclic) bond motifs is 3. The Kier molecular flexibility index (Phi) is 7.30. The van der Waals surface area contributed by atoms with Gasteiger partial charge in [-0.1, -0.05) is 164 Å². The third kappa shape index (κ3) is 5.36. The van der Waals surface area contributed by atoms with Gasteiger partial charge in [-0.25, -0.2) is 19.9 Å². The average molecular weight is 645 g/mol. The highest BCUT2D eigenvalue weighted by Gasteiger charge is 2.22. The number of para-hydroxylation sites is 1. The SMILES string of the molecule is c1ccc(-c2nc(-c3ccccc3)nc(-c3ccc(-c4sc5c(c(-c6ccccc6)nc6ccccc65)c4-c4ccccc4)cc3)n2)cc1. The van der Waals surface area contributed by atoms with Gasteiger partial charge >= 0.3 is 0 Å². The molecule has 0 aliphatic carbocycles. The van der Waals surface area contributed by atoms with Gasteiger partial charge in [0.05, 0.1) is 11.2 Å². The summed E-state index contributed by atoms with van der Waals surface area (Å²) in [5, 5.41) is 2.34. The normalized spacial score (nSPS) is 11.3. The van der Waals surface area contributed by atoms with Crippen molar-refractivity contribution in [3.05, 3.63) is 170 Å². The maximum absolute atomic E-state index is 5.27. The highest BCUT2D eigenvalue weighted by Crippen LogP contribution is 2.50. The Bertz CT molecular complexity index is 2510. The van der Waals surface area contributed by atoms with Gasteiger partial charge in [-0.05, 0) is 17.2 Å². The van der Waals surface area contributed by atoms with Crippen molar-refractivity contribution in [3.63, 3.8) is 0 Å². The molecule has 230 valence electrons. The van der Waals surface area contributed by atoms with Crippen molar-refractivity contribution in [3.8, 4) is 67.0 Å². The molecule has 0 unspecified atom stereocenters. The summed E-state index contributed by atoms with van der Waals surface area (Å²) in [6.45, 7) is 0. The first-order valence-electron chi connectivity index (χ1n) is 16.2. The molecule has 0 atom stereocenters. The number of thiophene rings is 1. The van der Waals surface area contributed by atoms with E-state index in [1.807, 2.05) is 72.0 Å². The van der Waals surface area contributed by atoms with Crippen molar-refractivity contribution in [2.45, 2.75) is 0 Å². The smallest absolute Gasteiger partial charge is 0.164 e. The number of hydrogen-bond acceptors (Lipinski definition) is 5. The van der Waals surface area contributed by atoms with E-state index in [9.17, 15) is 0 Å². The van der Waals surface area contributed by atoms with Gasteiger partial charge < -0.3 is 0 Å². The molecule has 0 N–H and O–H groups in total. The molecule has 0 amide bonds. The van der Waals surface area contributed by atoms with Crippen molar-refractivity contribution < 1.29 is 0 Å². The van der Waals surface area contributed by atoms with Gasteiger partial charge in [0.2, 0.25) is 0 Å². The van der Waals surface area contributed by atoms with Crippen LogP contribution in [0.5, 0.6) is 0 Å². The number of hydrogen-bond donors (Lipinski definition) is 0. The molecule has 3 aromatic heterocycles. The average Bonchev–Trinajstić information content (AvgIpc) is 3.60. The van der Waals surface area contributed by atoms with Crippen LogP contribution in [0, 0.1) is 0 Å². The van der Waals surface area contributed by atoms with Crippen molar-refractivity contribution in [2.24, 2.45) is 0 Å². The van der Waals surface area contributed by atoms with E-state index in [4.69, 9.17) is 19.9 Å². The first kappa shape index (κ1) is 28.9. The van der Waals surface area contributed by atoms with E-state index in [-0.39, 0.29) is 0 Å². The lowest BCUT2D eigenvalue weighted by molar-refractivity contribution is 1.07. The molecule has 9 rings (SSSR count). The summed E-state index contributed by atoms with van der Waals surface area (Å²) in [4.78, 5) is 21.2. The predicted molar refractivity (Wildman–Crippen MR) is 203 cm³/mol. The Morgan fingerprint density at radius 1 is 0.347 bits per heavy atom. The summed E-state index contributed by atoms with van der Waals surface area (Å²) in [6, 6.07) is 58.5. The second kappa shape index (κ2) is 12.4. The van der Waals surface area contributed by atoms with Crippen molar-refractivity contribution in [1.29, 1.82) is 0 Å². The van der Waals surface area contributed by atoms with Crippen LogP contribution in [-0.4, -0.2) is 19.9 Å². The van der Waals surface area contributed by atoms with Crippen LogP contribution in [0.2, 0.25) is 0 Å². The first-order chi connectivity index (χ1) is 24.3. The molecule has 0 spiro atoms. The molecule has 0 radical (unpaired) electrons. The number of benzene rings is 6. The highest BCUT2D eigenvalue weighted by molar-refractivity contribution is 7.24. The quantitative estimate of drug-likeness (QED) is 0.181. The van der Waals surface area contributed by atoms with Crippen LogP contribution in [0.3, 0.4) is 0 Å². The standard InChI is InChI=1S/C44H28N4S/c1-5-15-29(16-6-1)37-38-39(30-17-7-2-8-18-30)45-36-24-14-13-23-35(36)41(38)49-40(37)31-25-27-34(28-26-31)44-47-42(32-19-9-3-10-20-32)46-43(48-44)33-21-11-4-12-22-33/h1-28H. The lowest BCUT2D eigenvalue weighted by Crippen LogP contribution is -2.00. The van der Waals surface area contributed by atoms with Gasteiger partial charge in [0.1, 0.15) is 0 Å². The molecule has 0 bridgehead atoms. The minimum atomic E-state index is 0.639. The van der Waals surface area contributed by atoms with Crippen LogP contribution in [0.4, 0.5) is 0 Å². The Labute approximate surface area is 288 Å². The van der Waals surface area contributed by atoms with E-state index in [1.54, 1.807) is 0 Å². The monoisotopic (exact) mass is 644 g/mol.